The number of benzene rings is 1. The van der Waals surface area contributed by atoms with Gasteiger partial charge in [-0.2, -0.15) is 15.2 Å². The Morgan fingerprint density at radius 2 is 2.05 bits per heavy atom. The van der Waals surface area contributed by atoms with Gasteiger partial charge in [-0.15, -0.1) is 0 Å². The number of aromatic nitrogens is 3. The molecule has 0 unspecified atom stereocenters. The first-order valence-electron chi connectivity index (χ1n) is 5.98. The predicted molar refractivity (Wildman–Crippen MR) is 76.2 cm³/mol. The molecule has 0 aliphatic carbocycles. The first-order chi connectivity index (χ1) is 9.60. The SMILES string of the molecule is COc1ccc(C(C)=NNc2nc(=O)[nH]nc2C)cc1. The van der Waals surface area contributed by atoms with Gasteiger partial charge in [0, 0.05) is 0 Å². The molecule has 104 valence electrons. The molecule has 0 atom stereocenters. The third-order valence-corrected chi connectivity index (χ3v) is 2.71. The normalized spacial score (nSPS) is 11.2. The van der Waals surface area contributed by atoms with Crippen LogP contribution < -0.4 is 15.9 Å². The second kappa shape index (κ2) is 5.96. The molecule has 0 amide bonds. The van der Waals surface area contributed by atoms with Gasteiger partial charge in [-0.3, -0.25) is 5.43 Å². The molecule has 0 fully saturated rings. The summed E-state index contributed by atoms with van der Waals surface area (Å²) in [4.78, 5) is 14.9. The quantitative estimate of drug-likeness (QED) is 0.647. The van der Waals surface area contributed by atoms with E-state index >= 15 is 0 Å². The molecular formula is C13H15N5O2. The summed E-state index contributed by atoms with van der Waals surface area (Å²) in [7, 11) is 1.62. The standard InChI is InChI=1S/C13H15N5O2/c1-8(10-4-6-11(20-3)7-5-10)15-17-12-9(2)16-18-13(19)14-12/h4-7H,1-3H3,(H2,14,17,18,19). The average molecular weight is 273 g/mol. The molecule has 0 spiro atoms. The van der Waals surface area contributed by atoms with Crippen LogP contribution in [0.4, 0.5) is 5.82 Å². The molecule has 2 N–H and O–H groups in total. The summed E-state index contributed by atoms with van der Waals surface area (Å²) in [5.74, 6) is 1.12. The summed E-state index contributed by atoms with van der Waals surface area (Å²) in [5.41, 5.74) is 4.49. The molecule has 1 heterocycles. The van der Waals surface area contributed by atoms with Crippen molar-refractivity contribution in [3.8, 4) is 5.75 Å². The number of hydrazone groups is 1. The number of hydrogen-bond donors (Lipinski definition) is 2. The van der Waals surface area contributed by atoms with Gasteiger partial charge < -0.3 is 4.74 Å². The summed E-state index contributed by atoms with van der Waals surface area (Å²) < 4.78 is 5.10. The second-order valence-electron chi connectivity index (χ2n) is 4.11. The van der Waals surface area contributed by atoms with Crippen molar-refractivity contribution in [1.82, 2.24) is 15.2 Å². The van der Waals surface area contributed by atoms with E-state index in [0.717, 1.165) is 17.0 Å². The summed E-state index contributed by atoms with van der Waals surface area (Å²) in [5, 5.41) is 10.2. The van der Waals surface area contributed by atoms with Crippen molar-refractivity contribution >= 4 is 11.5 Å². The van der Waals surface area contributed by atoms with Crippen molar-refractivity contribution in [1.29, 1.82) is 0 Å². The van der Waals surface area contributed by atoms with Gasteiger partial charge in [0.25, 0.3) is 0 Å². The molecule has 0 bridgehead atoms. The number of aryl methyl sites for hydroxylation is 1. The number of anilines is 1. The van der Waals surface area contributed by atoms with Crippen molar-refractivity contribution in [2.24, 2.45) is 5.10 Å². The van der Waals surface area contributed by atoms with E-state index in [0.29, 0.717) is 11.5 Å². The van der Waals surface area contributed by atoms with Crippen LogP contribution in [-0.2, 0) is 0 Å². The van der Waals surface area contributed by atoms with E-state index in [1.165, 1.54) is 0 Å². The molecular weight excluding hydrogens is 258 g/mol. The van der Waals surface area contributed by atoms with Crippen LogP contribution in [0.3, 0.4) is 0 Å². The van der Waals surface area contributed by atoms with Gasteiger partial charge in [0.05, 0.1) is 12.8 Å². The lowest BCUT2D eigenvalue weighted by atomic mass is 10.1. The second-order valence-corrected chi connectivity index (χ2v) is 4.11. The van der Waals surface area contributed by atoms with Crippen LogP contribution in [0.5, 0.6) is 5.75 Å². The minimum absolute atomic E-state index is 0.335. The number of aromatic amines is 1. The molecule has 7 nitrogen and oxygen atoms in total. The Bertz CT molecular complexity index is 676. The number of H-pyrrole nitrogens is 1. The van der Waals surface area contributed by atoms with Crippen LogP contribution >= 0.6 is 0 Å². The molecule has 0 saturated carbocycles. The highest BCUT2D eigenvalue weighted by Gasteiger charge is 2.02. The van der Waals surface area contributed by atoms with E-state index < -0.39 is 5.69 Å². The molecule has 20 heavy (non-hydrogen) atoms. The van der Waals surface area contributed by atoms with E-state index in [4.69, 9.17) is 4.74 Å². The largest absolute Gasteiger partial charge is 0.497 e. The molecule has 7 heteroatoms. The van der Waals surface area contributed by atoms with Crippen LogP contribution in [0.15, 0.2) is 34.2 Å². The molecule has 2 rings (SSSR count). The molecule has 0 radical (unpaired) electrons. The molecule has 1 aromatic heterocycles. The van der Waals surface area contributed by atoms with Crippen LogP contribution in [-0.4, -0.2) is 28.0 Å². The maximum Gasteiger partial charge on any atom is 0.363 e. The first-order valence-corrected chi connectivity index (χ1v) is 5.98. The van der Waals surface area contributed by atoms with Gasteiger partial charge in [-0.25, -0.2) is 9.89 Å². The van der Waals surface area contributed by atoms with Crippen molar-refractivity contribution < 1.29 is 4.74 Å². The topological polar surface area (TPSA) is 92.3 Å². The van der Waals surface area contributed by atoms with E-state index in [9.17, 15) is 4.79 Å². The van der Waals surface area contributed by atoms with Crippen LogP contribution in [0.25, 0.3) is 0 Å². The fourth-order valence-electron chi connectivity index (χ4n) is 1.53. The van der Waals surface area contributed by atoms with Gasteiger partial charge in [0.15, 0.2) is 5.82 Å². The Hall–Kier alpha value is -2.70. The highest BCUT2D eigenvalue weighted by atomic mass is 16.5. The highest BCUT2D eigenvalue weighted by molar-refractivity contribution is 5.99. The maximum absolute atomic E-state index is 11.1. The minimum atomic E-state index is -0.518. The monoisotopic (exact) mass is 273 g/mol. The number of ether oxygens (including phenoxy) is 1. The smallest absolute Gasteiger partial charge is 0.363 e. The third-order valence-electron chi connectivity index (χ3n) is 2.71. The van der Waals surface area contributed by atoms with E-state index in [2.05, 4.69) is 25.7 Å². The summed E-state index contributed by atoms with van der Waals surface area (Å²) in [6.07, 6.45) is 0. The summed E-state index contributed by atoms with van der Waals surface area (Å²) in [6, 6.07) is 7.50. The number of nitrogens with one attached hydrogen (secondary N) is 2. The molecule has 0 aliphatic heterocycles. The summed E-state index contributed by atoms with van der Waals surface area (Å²) >= 11 is 0. The minimum Gasteiger partial charge on any atom is -0.497 e. The zero-order chi connectivity index (χ0) is 14.5. The van der Waals surface area contributed by atoms with Crippen molar-refractivity contribution in [2.45, 2.75) is 13.8 Å². The van der Waals surface area contributed by atoms with E-state index in [-0.39, 0.29) is 0 Å². The van der Waals surface area contributed by atoms with Crippen LogP contribution in [0.2, 0.25) is 0 Å². The Morgan fingerprint density at radius 1 is 1.35 bits per heavy atom. The van der Waals surface area contributed by atoms with Crippen LogP contribution in [0, 0.1) is 6.92 Å². The van der Waals surface area contributed by atoms with Gasteiger partial charge in [-0.05, 0) is 43.7 Å². The molecule has 2 aromatic rings. The summed E-state index contributed by atoms with van der Waals surface area (Å²) in [6.45, 7) is 3.58. The fraction of sp³-hybridized carbons (Fsp3) is 0.231. The Labute approximate surface area is 115 Å². The maximum atomic E-state index is 11.1. The van der Waals surface area contributed by atoms with Gasteiger partial charge in [-0.1, -0.05) is 0 Å². The Balaban J connectivity index is 2.17. The Morgan fingerprint density at radius 3 is 2.70 bits per heavy atom. The van der Waals surface area contributed by atoms with Crippen LogP contribution in [0.1, 0.15) is 18.2 Å². The lowest BCUT2D eigenvalue weighted by molar-refractivity contribution is 0.415. The first kappa shape index (κ1) is 13.7. The van der Waals surface area contributed by atoms with Crippen molar-refractivity contribution in [3.05, 3.63) is 46.0 Å². The average Bonchev–Trinajstić information content (AvgIpc) is 2.48. The number of hydrogen-bond acceptors (Lipinski definition) is 6. The van der Waals surface area contributed by atoms with Gasteiger partial charge in [0.1, 0.15) is 11.4 Å². The number of nitrogens with zero attached hydrogens (tertiary/aromatic N) is 3. The zero-order valence-corrected chi connectivity index (χ0v) is 11.5. The lowest BCUT2D eigenvalue weighted by Gasteiger charge is -2.05. The molecule has 0 saturated heterocycles. The predicted octanol–water partition coefficient (Wildman–Crippen LogP) is 1.32. The molecule has 0 aliphatic rings. The van der Waals surface area contributed by atoms with E-state index in [1.54, 1.807) is 14.0 Å². The van der Waals surface area contributed by atoms with Crippen molar-refractivity contribution in [2.75, 3.05) is 12.5 Å². The Kier molecular flexibility index (Phi) is 4.09. The van der Waals surface area contributed by atoms with Crippen molar-refractivity contribution in [3.63, 3.8) is 0 Å². The number of rotatable bonds is 4. The lowest BCUT2D eigenvalue weighted by Crippen LogP contribution is -2.16. The zero-order valence-electron chi connectivity index (χ0n) is 11.5. The van der Waals surface area contributed by atoms with Gasteiger partial charge >= 0.3 is 5.69 Å². The van der Waals surface area contributed by atoms with E-state index in [1.807, 2.05) is 31.2 Å². The third kappa shape index (κ3) is 3.19. The van der Waals surface area contributed by atoms with Gasteiger partial charge in [0.2, 0.25) is 0 Å². The highest BCUT2D eigenvalue weighted by Crippen LogP contribution is 2.12. The molecule has 1 aromatic carbocycles. The fourth-order valence-corrected chi connectivity index (χ4v) is 1.53. The number of methoxy groups -OCH3 is 1.